The van der Waals surface area contributed by atoms with E-state index in [1.54, 1.807) is 0 Å². The highest BCUT2D eigenvalue weighted by Gasteiger charge is 2.34. The van der Waals surface area contributed by atoms with Gasteiger partial charge in [-0.3, -0.25) is 4.90 Å². The molecule has 1 aliphatic rings. The smallest absolute Gasteiger partial charge is 0.0594 e. The van der Waals surface area contributed by atoms with E-state index >= 15 is 0 Å². The Morgan fingerprint density at radius 1 is 1.46 bits per heavy atom. The van der Waals surface area contributed by atoms with Crippen LogP contribution in [0.15, 0.2) is 0 Å². The van der Waals surface area contributed by atoms with Crippen LogP contribution in [0.4, 0.5) is 0 Å². The lowest BCUT2D eigenvalue weighted by Crippen LogP contribution is -2.59. The Morgan fingerprint density at radius 2 is 2.00 bits per heavy atom. The summed E-state index contributed by atoms with van der Waals surface area (Å²) < 4.78 is 5.34. The van der Waals surface area contributed by atoms with E-state index in [1.807, 2.05) is 0 Å². The fourth-order valence-electron chi connectivity index (χ4n) is 1.91. The first-order valence-electron chi connectivity index (χ1n) is 5.19. The Hall–Kier alpha value is -0.120. The number of morpholine rings is 1. The molecule has 0 aromatic heterocycles. The minimum Gasteiger partial charge on any atom is -0.379 e. The number of rotatable bonds is 3. The minimum absolute atomic E-state index is 0.143. The maximum absolute atomic E-state index is 6.03. The maximum atomic E-state index is 6.03. The summed E-state index contributed by atoms with van der Waals surface area (Å²) in [7, 11) is 0. The highest BCUT2D eigenvalue weighted by atomic mass is 16.5. The van der Waals surface area contributed by atoms with Crippen molar-refractivity contribution in [1.29, 1.82) is 0 Å². The van der Waals surface area contributed by atoms with Gasteiger partial charge in [-0.15, -0.1) is 0 Å². The quantitative estimate of drug-likeness (QED) is 0.709. The van der Waals surface area contributed by atoms with Crippen LogP contribution in [0.25, 0.3) is 0 Å². The van der Waals surface area contributed by atoms with Gasteiger partial charge in [-0.1, -0.05) is 6.92 Å². The summed E-state index contributed by atoms with van der Waals surface area (Å²) >= 11 is 0. The van der Waals surface area contributed by atoms with Crippen molar-refractivity contribution in [3.05, 3.63) is 0 Å². The zero-order valence-corrected chi connectivity index (χ0v) is 9.05. The van der Waals surface area contributed by atoms with E-state index in [-0.39, 0.29) is 11.6 Å². The summed E-state index contributed by atoms with van der Waals surface area (Å²) in [6, 6.07) is 0.218. The Morgan fingerprint density at radius 3 is 2.38 bits per heavy atom. The number of ether oxygens (including phenoxy) is 1. The van der Waals surface area contributed by atoms with Crippen LogP contribution in [0.3, 0.4) is 0 Å². The van der Waals surface area contributed by atoms with Gasteiger partial charge in [-0.05, 0) is 20.3 Å². The summed E-state index contributed by atoms with van der Waals surface area (Å²) in [5.41, 5.74) is 6.17. The molecule has 2 unspecified atom stereocenters. The van der Waals surface area contributed by atoms with Crippen LogP contribution < -0.4 is 5.73 Å². The number of hydrogen-bond donors (Lipinski definition) is 1. The topological polar surface area (TPSA) is 38.5 Å². The summed E-state index contributed by atoms with van der Waals surface area (Å²) in [6.07, 6.45) is 1.10. The number of hydrogen-bond acceptors (Lipinski definition) is 3. The van der Waals surface area contributed by atoms with E-state index in [0.717, 1.165) is 32.7 Å². The second-order valence-corrected chi connectivity index (χ2v) is 4.10. The summed E-state index contributed by atoms with van der Waals surface area (Å²) in [5, 5.41) is 0. The van der Waals surface area contributed by atoms with Crippen LogP contribution >= 0.6 is 0 Å². The predicted molar refractivity (Wildman–Crippen MR) is 54.7 cm³/mol. The van der Waals surface area contributed by atoms with E-state index in [1.165, 1.54) is 0 Å². The van der Waals surface area contributed by atoms with Crippen LogP contribution in [0.2, 0.25) is 0 Å². The van der Waals surface area contributed by atoms with E-state index in [0.29, 0.717) is 0 Å². The van der Waals surface area contributed by atoms with Gasteiger partial charge in [-0.25, -0.2) is 0 Å². The van der Waals surface area contributed by atoms with Gasteiger partial charge in [0.05, 0.1) is 13.2 Å². The lowest BCUT2D eigenvalue weighted by atomic mass is 9.88. The summed E-state index contributed by atoms with van der Waals surface area (Å²) in [4.78, 5) is 2.46. The van der Waals surface area contributed by atoms with Crippen molar-refractivity contribution < 1.29 is 4.74 Å². The molecule has 1 fully saturated rings. The van der Waals surface area contributed by atoms with Crippen LogP contribution in [-0.4, -0.2) is 42.8 Å². The first-order valence-corrected chi connectivity index (χ1v) is 5.19. The molecule has 13 heavy (non-hydrogen) atoms. The van der Waals surface area contributed by atoms with E-state index in [4.69, 9.17) is 10.5 Å². The Bertz CT molecular complexity index is 155. The molecule has 0 aromatic carbocycles. The van der Waals surface area contributed by atoms with Crippen molar-refractivity contribution in [3.8, 4) is 0 Å². The molecule has 1 aliphatic heterocycles. The lowest BCUT2D eigenvalue weighted by molar-refractivity contribution is -0.0251. The molecule has 1 saturated heterocycles. The van der Waals surface area contributed by atoms with Gasteiger partial charge in [0.25, 0.3) is 0 Å². The molecule has 0 amide bonds. The molecule has 2 atom stereocenters. The third kappa shape index (κ3) is 2.22. The first-order chi connectivity index (χ1) is 6.11. The van der Waals surface area contributed by atoms with Crippen molar-refractivity contribution in [3.63, 3.8) is 0 Å². The normalized spacial score (nSPS) is 26.8. The van der Waals surface area contributed by atoms with E-state index in [9.17, 15) is 0 Å². The molecular weight excluding hydrogens is 164 g/mol. The molecule has 3 heteroatoms. The molecule has 0 radical (unpaired) electrons. The molecule has 1 heterocycles. The van der Waals surface area contributed by atoms with Gasteiger partial charge < -0.3 is 10.5 Å². The standard InChI is InChI=1S/C10H22N2O/c1-4-10(3,9(2)11)12-5-7-13-8-6-12/h9H,4-8,11H2,1-3H3. The van der Waals surface area contributed by atoms with Crippen LogP contribution in [0.5, 0.6) is 0 Å². The molecule has 3 nitrogen and oxygen atoms in total. The number of nitrogens with two attached hydrogens (primary N) is 1. The molecule has 2 N–H and O–H groups in total. The SMILES string of the molecule is CCC(C)(C(C)N)N1CCOCC1. The molecule has 0 aliphatic carbocycles. The molecule has 0 aromatic rings. The molecule has 0 spiro atoms. The van der Waals surface area contributed by atoms with Gasteiger partial charge in [-0.2, -0.15) is 0 Å². The lowest BCUT2D eigenvalue weighted by Gasteiger charge is -2.45. The minimum atomic E-state index is 0.143. The highest BCUT2D eigenvalue weighted by Crippen LogP contribution is 2.23. The van der Waals surface area contributed by atoms with Gasteiger partial charge in [0.15, 0.2) is 0 Å². The second-order valence-electron chi connectivity index (χ2n) is 4.10. The Kier molecular flexibility index (Phi) is 3.71. The van der Waals surface area contributed by atoms with Crippen LogP contribution in [-0.2, 0) is 4.74 Å². The summed E-state index contributed by atoms with van der Waals surface area (Å²) in [5.74, 6) is 0. The maximum Gasteiger partial charge on any atom is 0.0594 e. The molecule has 1 rings (SSSR count). The third-order valence-electron chi connectivity index (χ3n) is 3.43. The fraction of sp³-hybridized carbons (Fsp3) is 1.00. The zero-order valence-electron chi connectivity index (χ0n) is 9.05. The van der Waals surface area contributed by atoms with Crippen molar-refractivity contribution >= 4 is 0 Å². The average molecular weight is 186 g/mol. The van der Waals surface area contributed by atoms with Crippen LogP contribution in [0.1, 0.15) is 27.2 Å². The average Bonchev–Trinajstić information content (AvgIpc) is 2.17. The molecule has 0 bridgehead atoms. The monoisotopic (exact) mass is 186 g/mol. The molecule has 78 valence electrons. The van der Waals surface area contributed by atoms with Crippen molar-refractivity contribution in [2.24, 2.45) is 5.73 Å². The predicted octanol–water partition coefficient (Wildman–Crippen LogP) is 0.834. The number of nitrogens with zero attached hydrogens (tertiary/aromatic N) is 1. The zero-order chi connectivity index (χ0) is 9.90. The van der Waals surface area contributed by atoms with Crippen LogP contribution in [0, 0.1) is 0 Å². The van der Waals surface area contributed by atoms with E-state index < -0.39 is 0 Å². The van der Waals surface area contributed by atoms with Crippen molar-refractivity contribution in [1.82, 2.24) is 4.90 Å². The Labute approximate surface area is 81.2 Å². The van der Waals surface area contributed by atoms with Crippen molar-refractivity contribution in [2.75, 3.05) is 26.3 Å². The fourth-order valence-corrected chi connectivity index (χ4v) is 1.91. The Balaban J connectivity index is 2.62. The van der Waals surface area contributed by atoms with Gasteiger partial charge >= 0.3 is 0 Å². The summed E-state index contributed by atoms with van der Waals surface area (Å²) in [6.45, 7) is 10.3. The first kappa shape index (κ1) is 11.0. The van der Waals surface area contributed by atoms with Gasteiger partial charge in [0.2, 0.25) is 0 Å². The van der Waals surface area contributed by atoms with E-state index in [2.05, 4.69) is 25.7 Å². The molecule has 0 saturated carbocycles. The molecular formula is C10H22N2O. The highest BCUT2D eigenvalue weighted by molar-refractivity contribution is 4.92. The van der Waals surface area contributed by atoms with Gasteiger partial charge in [0, 0.05) is 24.7 Å². The van der Waals surface area contributed by atoms with Gasteiger partial charge in [0.1, 0.15) is 0 Å². The van der Waals surface area contributed by atoms with Crippen molar-refractivity contribution in [2.45, 2.75) is 38.8 Å². The third-order valence-corrected chi connectivity index (χ3v) is 3.43. The second kappa shape index (κ2) is 4.40. The largest absolute Gasteiger partial charge is 0.379 e.